The molecule has 1 fully saturated rings. The molecule has 31 heavy (non-hydrogen) atoms. The van der Waals surface area contributed by atoms with Gasteiger partial charge in [0.25, 0.3) is 0 Å². The molecule has 0 aliphatic carbocycles. The highest BCUT2D eigenvalue weighted by Gasteiger charge is 2.32. The van der Waals surface area contributed by atoms with Crippen LogP contribution in [0, 0.1) is 19.8 Å². The van der Waals surface area contributed by atoms with Gasteiger partial charge in [0.1, 0.15) is 5.75 Å². The Morgan fingerprint density at radius 1 is 1.13 bits per heavy atom. The zero-order valence-corrected chi connectivity index (χ0v) is 18.3. The maximum absolute atomic E-state index is 12.9. The number of sulfonamides is 1. The normalized spacial score (nSPS) is 15.8. The largest absolute Gasteiger partial charge is 0.434 e. The van der Waals surface area contributed by atoms with Crippen molar-refractivity contribution in [3.63, 3.8) is 0 Å². The first-order chi connectivity index (χ1) is 14.7. The van der Waals surface area contributed by atoms with Crippen LogP contribution in [-0.2, 0) is 21.4 Å². The van der Waals surface area contributed by atoms with Gasteiger partial charge in [-0.25, -0.2) is 8.42 Å². The van der Waals surface area contributed by atoms with Gasteiger partial charge in [-0.2, -0.15) is 13.1 Å². The highest BCUT2D eigenvalue weighted by Crippen LogP contribution is 2.26. The Bertz CT molecular complexity index is 1040. The van der Waals surface area contributed by atoms with Crippen LogP contribution in [0.3, 0.4) is 0 Å². The summed E-state index contributed by atoms with van der Waals surface area (Å²) in [6.07, 6.45) is 0.788. The zero-order chi connectivity index (χ0) is 22.6. The summed E-state index contributed by atoms with van der Waals surface area (Å²) in [5.41, 5.74) is 2.38. The molecule has 6 nitrogen and oxygen atoms in total. The number of halogens is 2. The number of para-hydroxylation sites is 1. The Labute approximate surface area is 181 Å². The summed E-state index contributed by atoms with van der Waals surface area (Å²) >= 11 is 0. The molecule has 0 atom stereocenters. The number of alkyl halides is 2. The van der Waals surface area contributed by atoms with E-state index in [4.69, 9.17) is 0 Å². The van der Waals surface area contributed by atoms with E-state index in [1.807, 2.05) is 13.8 Å². The molecule has 0 bridgehead atoms. The number of aryl methyl sites for hydroxylation is 2. The molecule has 1 aliphatic rings. The van der Waals surface area contributed by atoms with Crippen molar-refractivity contribution in [2.75, 3.05) is 13.1 Å². The number of ether oxygens (including phenoxy) is 1. The van der Waals surface area contributed by atoms with Gasteiger partial charge in [-0.05, 0) is 56.0 Å². The molecule has 168 valence electrons. The van der Waals surface area contributed by atoms with Crippen molar-refractivity contribution in [3.8, 4) is 5.75 Å². The van der Waals surface area contributed by atoms with Crippen LogP contribution in [0.4, 0.5) is 8.78 Å². The molecule has 0 spiro atoms. The highest BCUT2D eigenvalue weighted by molar-refractivity contribution is 7.89. The fourth-order valence-electron chi connectivity index (χ4n) is 3.57. The summed E-state index contributed by atoms with van der Waals surface area (Å²) in [6, 6.07) is 11.3. The van der Waals surface area contributed by atoms with Crippen molar-refractivity contribution in [2.24, 2.45) is 5.92 Å². The number of rotatable bonds is 7. The van der Waals surface area contributed by atoms with Crippen LogP contribution in [0.1, 0.15) is 29.5 Å². The molecule has 0 aromatic heterocycles. The second-order valence-electron chi connectivity index (χ2n) is 7.63. The van der Waals surface area contributed by atoms with Crippen molar-refractivity contribution in [2.45, 2.75) is 44.7 Å². The van der Waals surface area contributed by atoms with Gasteiger partial charge >= 0.3 is 6.61 Å². The van der Waals surface area contributed by atoms with E-state index in [1.54, 1.807) is 36.4 Å². The lowest BCUT2D eigenvalue weighted by atomic mass is 9.97. The van der Waals surface area contributed by atoms with Crippen LogP contribution in [0.5, 0.6) is 5.75 Å². The summed E-state index contributed by atoms with van der Waals surface area (Å²) in [6.45, 7) is 1.41. The number of carbonyl (C=O) groups is 1. The van der Waals surface area contributed by atoms with Crippen molar-refractivity contribution in [3.05, 3.63) is 59.2 Å². The third-order valence-corrected chi connectivity index (χ3v) is 7.48. The Balaban J connectivity index is 1.57. The SMILES string of the molecule is Cc1ccc(S(=O)(=O)N2CCC(C(=O)NCc3ccccc3OC(F)F)CC2)cc1C. The zero-order valence-electron chi connectivity index (χ0n) is 17.5. The lowest BCUT2D eigenvalue weighted by molar-refractivity contribution is -0.126. The molecule has 0 saturated carbocycles. The molecule has 2 aromatic rings. The quantitative estimate of drug-likeness (QED) is 0.696. The van der Waals surface area contributed by atoms with Gasteiger partial charge in [-0.15, -0.1) is 0 Å². The second-order valence-corrected chi connectivity index (χ2v) is 9.57. The fraction of sp³-hybridized carbons (Fsp3) is 0.409. The van der Waals surface area contributed by atoms with E-state index in [0.717, 1.165) is 11.1 Å². The summed E-state index contributed by atoms with van der Waals surface area (Å²) in [5, 5.41) is 2.75. The molecule has 0 radical (unpaired) electrons. The highest BCUT2D eigenvalue weighted by atomic mass is 32.2. The lowest BCUT2D eigenvalue weighted by Gasteiger charge is -2.30. The van der Waals surface area contributed by atoms with Gasteiger partial charge in [0, 0.05) is 31.1 Å². The van der Waals surface area contributed by atoms with Crippen molar-refractivity contribution in [1.82, 2.24) is 9.62 Å². The minimum absolute atomic E-state index is 0.0205. The number of nitrogens with zero attached hydrogens (tertiary/aromatic N) is 1. The molecule has 3 rings (SSSR count). The smallest absolute Gasteiger partial charge is 0.387 e. The van der Waals surface area contributed by atoms with Crippen LogP contribution >= 0.6 is 0 Å². The number of hydrogen-bond acceptors (Lipinski definition) is 4. The van der Waals surface area contributed by atoms with Gasteiger partial charge in [-0.1, -0.05) is 24.3 Å². The van der Waals surface area contributed by atoms with Crippen LogP contribution in [0.2, 0.25) is 0 Å². The lowest BCUT2D eigenvalue weighted by Crippen LogP contribution is -2.42. The topological polar surface area (TPSA) is 75.7 Å². The Morgan fingerprint density at radius 2 is 1.81 bits per heavy atom. The first kappa shape index (κ1) is 23.1. The Kier molecular flexibility index (Phi) is 7.27. The second kappa shape index (κ2) is 9.74. The predicted octanol–water partition coefficient (Wildman–Crippen LogP) is 3.62. The number of hydrogen-bond donors (Lipinski definition) is 1. The van der Waals surface area contributed by atoms with E-state index < -0.39 is 16.6 Å². The van der Waals surface area contributed by atoms with Crippen molar-refractivity contribution in [1.29, 1.82) is 0 Å². The summed E-state index contributed by atoms with van der Waals surface area (Å²) in [4.78, 5) is 12.8. The standard InChI is InChI=1S/C22H26F2N2O4S/c1-15-7-8-19(13-16(15)2)31(28,29)26-11-9-17(10-12-26)21(27)25-14-18-5-3-4-6-20(18)30-22(23)24/h3-8,13,17,22H,9-12,14H2,1-2H3,(H,25,27). The molecule has 0 unspecified atom stereocenters. The van der Waals surface area contributed by atoms with Gasteiger partial charge in [0.05, 0.1) is 4.90 Å². The fourth-order valence-corrected chi connectivity index (χ4v) is 5.12. The third kappa shape index (κ3) is 5.59. The number of benzene rings is 2. The first-order valence-corrected chi connectivity index (χ1v) is 11.5. The van der Waals surface area contributed by atoms with E-state index in [0.29, 0.717) is 18.4 Å². The predicted molar refractivity (Wildman–Crippen MR) is 112 cm³/mol. The minimum atomic E-state index is -3.61. The molecule has 1 aliphatic heterocycles. The van der Waals surface area contributed by atoms with Crippen molar-refractivity contribution >= 4 is 15.9 Å². The maximum atomic E-state index is 12.9. The van der Waals surface area contributed by atoms with Crippen LogP contribution in [-0.4, -0.2) is 38.3 Å². The maximum Gasteiger partial charge on any atom is 0.387 e. The van der Waals surface area contributed by atoms with E-state index in [9.17, 15) is 22.0 Å². The molecule has 1 amide bonds. The van der Waals surface area contributed by atoms with Gasteiger partial charge in [-0.3, -0.25) is 4.79 Å². The molecular weight excluding hydrogens is 426 g/mol. The number of amides is 1. The monoisotopic (exact) mass is 452 g/mol. The number of piperidine rings is 1. The molecule has 1 saturated heterocycles. The van der Waals surface area contributed by atoms with E-state index >= 15 is 0 Å². The Morgan fingerprint density at radius 3 is 2.45 bits per heavy atom. The number of carbonyl (C=O) groups excluding carboxylic acids is 1. The first-order valence-electron chi connectivity index (χ1n) is 10.1. The average molecular weight is 453 g/mol. The van der Waals surface area contributed by atoms with Gasteiger partial charge < -0.3 is 10.1 Å². The Hall–Kier alpha value is -2.52. The van der Waals surface area contributed by atoms with E-state index in [2.05, 4.69) is 10.1 Å². The summed E-state index contributed by atoms with van der Waals surface area (Å²) in [7, 11) is -3.61. The van der Waals surface area contributed by atoms with Crippen molar-refractivity contribution < 1.29 is 26.7 Å². The molecule has 2 aromatic carbocycles. The van der Waals surface area contributed by atoms with Gasteiger partial charge in [0.15, 0.2) is 0 Å². The molecule has 1 heterocycles. The van der Waals surface area contributed by atoms with Crippen LogP contribution < -0.4 is 10.1 Å². The molecule has 1 N–H and O–H groups in total. The van der Waals surface area contributed by atoms with E-state index in [-0.39, 0.29) is 42.1 Å². The van der Waals surface area contributed by atoms with E-state index in [1.165, 1.54) is 10.4 Å². The third-order valence-electron chi connectivity index (χ3n) is 5.58. The minimum Gasteiger partial charge on any atom is -0.434 e. The molecular formula is C22H26F2N2O4S. The van der Waals surface area contributed by atoms with Gasteiger partial charge in [0.2, 0.25) is 15.9 Å². The summed E-state index contributed by atoms with van der Waals surface area (Å²) < 4.78 is 56.8. The van der Waals surface area contributed by atoms with Crippen LogP contribution in [0.15, 0.2) is 47.4 Å². The average Bonchev–Trinajstić information content (AvgIpc) is 2.74. The molecule has 9 heteroatoms. The van der Waals surface area contributed by atoms with Crippen LogP contribution in [0.25, 0.3) is 0 Å². The number of nitrogens with one attached hydrogen (secondary N) is 1. The summed E-state index contributed by atoms with van der Waals surface area (Å²) in [5.74, 6) is -0.545.